The fourth-order valence-corrected chi connectivity index (χ4v) is 4.40. The molecule has 2 aromatic carbocycles. The minimum absolute atomic E-state index is 0.278. The second-order valence-electron chi connectivity index (χ2n) is 7.06. The minimum Gasteiger partial charge on any atom is -0.462 e. The van der Waals surface area contributed by atoms with Gasteiger partial charge in [-0.25, -0.2) is 4.79 Å². The summed E-state index contributed by atoms with van der Waals surface area (Å²) in [5.41, 5.74) is 4.01. The number of carbonyl (C=O) groups excluding carboxylic acids is 2. The van der Waals surface area contributed by atoms with Gasteiger partial charge in [0.2, 0.25) is 0 Å². The van der Waals surface area contributed by atoms with E-state index in [0.29, 0.717) is 18.7 Å². The van der Waals surface area contributed by atoms with E-state index in [4.69, 9.17) is 4.74 Å². The number of hydrogen-bond donors (Lipinski definition) is 2. The van der Waals surface area contributed by atoms with E-state index in [2.05, 4.69) is 22.2 Å². The van der Waals surface area contributed by atoms with Gasteiger partial charge in [0.1, 0.15) is 11.3 Å². The summed E-state index contributed by atoms with van der Waals surface area (Å²) in [5, 5.41) is 3.88. The highest BCUT2D eigenvalue weighted by Gasteiger charge is 2.16. The van der Waals surface area contributed by atoms with Crippen molar-refractivity contribution in [1.29, 1.82) is 0 Å². The van der Waals surface area contributed by atoms with E-state index < -0.39 is 0 Å². The first-order chi connectivity index (χ1) is 16.0. The van der Waals surface area contributed by atoms with Crippen molar-refractivity contribution in [2.24, 2.45) is 0 Å². The molecular weight excluding hydrogens is 454 g/mol. The van der Waals surface area contributed by atoms with Gasteiger partial charge >= 0.3 is 5.97 Å². The third-order valence-corrected chi connectivity index (χ3v) is 6.14. The van der Waals surface area contributed by atoms with Crippen molar-refractivity contribution in [3.05, 3.63) is 71.8 Å². The van der Waals surface area contributed by atoms with Crippen LogP contribution in [0.1, 0.15) is 22.8 Å². The highest BCUT2D eigenvalue weighted by molar-refractivity contribution is 7.99. The molecule has 0 amide bonds. The van der Waals surface area contributed by atoms with Crippen molar-refractivity contribution >= 4 is 46.2 Å². The van der Waals surface area contributed by atoms with Gasteiger partial charge in [0.05, 0.1) is 18.7 Å². The fraction of sp³-hybridized carbons (Fsp3) is 0.280. The zero-order valence-electron chi connectivity index (χ0n) is 19.5. The van der Waals surface area contributed by atoms with Crippen LogP contribution in [-0.2, 0) is 16.1 Å². The quantitative estimate of drug-likeness (QED) is 0.219. The van der Waals surface area contributed by atoms with Gasteiger partial charge in [-0.1, -0.05) is 54.4 Å². The number of nitrogens with zero attached hydrogens (tertiary/aromatic N) is 1. The first-order valence-corrected chi connectivity index (χ1v) is 12.6. The zero-order chi connectivity index (χ0) is 24.1. The predicted octanol–water partition coefficient (Wildman–Crippen LogP) is 5.64. The van der Waals surface area contributed by atoms with Crippen LogP contribution in [-0.4, -0.2) is 50.7 Å². The van der Waals surface area contributed by atoms with Gasteiger partial charge < -0.3 is 19.6 Å². The summed E-state index contributed by atoms with van der Waals surface area (Å²) in [6, 6.07) is 20.1. The van der Waals surface area contributed by atoms with Crippen LogP contribution in [0.25, 0.3) is 10.4 Å². The van der Waals surface area contributed by atoms with Gasteiger partial charge in [-0.3, -0.25) is 4.90 Å². The van der Waals surface area contributed by atoms with Crippen LogP contribution in [0.5, 0.6) is 0 Å². The topological polar surface area (TPSA) is 70.7 Å². The molecule has 0 spiro atoms. The predicted molar refractivity (Wildman–Crippen MR) is 141 cm³/mol. The summed E-state index contributed by atoms with van der Waals surface area (Å²) >= 11 is 3.13. The van der Waals surface area contributed by atoms with E-state index in [1.165, 1.54) is 5.56 Å². The van der Waals surface area contributed by atoms with Crippen LogP contribution in [0.2, 0.25) is 0 Å². The molecule has 0 unspecified atom stereocenters. The minimum atomic E-state index is -0.278. The second-order valence-corrected chi connectivity index (χ2v) is 8.72. The van der Waals surface area contributed by atoms with Crippen LogP contribution >= 0.6 is 23.3 Å². The maximum Gasteiger partial charge on any atom is 0.341 e. The number of aldehydes is 1. The molecule has 2 N–H and O–H groups in total. The zero-order valence-corrected chi connectivity index (χ0v) is 21.1. The van der Waals surface area contributed by atoms with Crippen molar-refractivity contribution in [1.82, 2.24) is 4.90 Å². The van der Waals surface area contributed by atoms with E-state index >= 15 is 0 Å². The van der Waals surface area contributed by atoms with Crippen molar-refractivity contribution in [3.8, 4) is 10.4 Å². The van der Waals surface area contributed by atoms with E-state index in [0.717, 1.165) is 34.0 Å². The highest BCUT2D eigenvalue weighted by atomic mass is 32.2. The number of rotatable bonds is 10. The molecule has 0 saturated heterocycles. The van der Waals surface area contributed by atoms with E-state index in [9.17, 15) is 9.59 Å². The standard InChI is InChI=1S/C14H15NO2S.C11H16N2OS/c1-3-17-14(16)11-9-12(18-13(11)15-2)10-7-5-4-6-8-10;1-13(6-7-14)9-10-4-3-5-11(8-10)12-15-2/h4-9,15H,3H2,1-2H3;3-5,7-8,12H,6,9H2,1-2H3. The number of nitrogens with one attached hydrogen (secondary N) is 2. The summed E-state index contributed by atoms with van der Waals surface area (Å²) in [4.78, 5) is 25.2. The lowest BCUT2D eigenvalue weighted by atomic mass is 10.1. The molecule has 0 atom stereocenters. The molecule has 0 radical (unpaired) electrons. The van der Waals surface area contributed by atoms with Gasteiger partial charge in [0, 0.05) is 30.4 Å². The van der Waals surface area contributed by atoms with Crippen LogP contribution in [0, 0.1) is 0 Å². The van der Waals surface area contributed by atoms with Crippen molar-refractivity contribution in [2.45, 2.75) is 13.5 Å². The SMILES string of the molecule is CCOC(=O)c1cc(-c2ccccc2)sc1NC.CSNc1cccc(CN(C)CC=O)c1. The maximum absolute atomic E-state index is 11.8. The molecule has 1 aromatic heterocycles. The average molecular weight is 486 g/mol. The molecule has 0 bridgehead atoms. The third kappa shape index (κ3) is 8.57. The van der Waals surface area contributed by atoms with Gasteiger partial charge in [-0.2, -0.15) is 0 Å². The maximum atomic E-state index is 11.8. The Labute approximate surface area is 204 Å². The number of thiophene rings is 1. The summed E-state index contributed by atoms with van der Waals surface area (Å²) in [6.45, 7) is 3.46. The Morgan fingerprint density at radius 3 is 2.55 bits per heavy atom. The molecule has 176 valence electrons. The number of carbonyl (C=O) groups is 2. The smallest absolute Gasteiger partial charge is 0.341 e. The summed E-state index contributed by atoms with van der Waals surface area (Å²) in [7, 11) is 3.74. The Balaban J connectivity index is 0.000000238. The van der Waals surface area contributed by atoms with Gasteiger partial charge in [-0.05, 0) is 43.3 Å². The average Bonchev–Trinajstić information content (AvgIpc) is 3.26. The Hall–Kier alpha value is -2.81. The number of ether oxygens (including phenoxy) is 1. The molecule has 0 saturated carbocycles. The molecular formula is C25H31N3O3S2. The van der Waals surface area contributed by atoms with Crippen molar-refractivity contribution in [3.63, 3.8) is 0 Å². The number of benzene rings is 2. The van der Waals surface area contributed by atoms with Crippen LogP contribution in [0.4, 0.5) is 10.7 Å². The van der Waals surface area contributed by atoms with Gasteiger partial charge in [0.15, 0.2) is 0 Å². The number of esters is 1. The van der Waals surface area contributed by atoms with Crippen LogP contribution in [0.3, 0.4) is 0 Å². The van der Waals surface area contributed by atoms with Crippen molar-refractivity contribution in [2.75, 3.05) is 43.5 Å². The van der Waals surface area contributed by atoms with E-state index in [1.54, 1.807) is 30.2 Å². The summed E-state index contributed by atoms with van der Waals surface area (Å²) in [5.74, 6) is -0.278. The Morgan fingerprint density at radius 1 is 1.15 bits per heavy atom. The number of hydrogen-bond acceptors (Lipinski definition) is 8. The largest absolute Gasteiger partial charge is 0.462 e. The number of anilines is 2. The number of likely N-dealkylation sites (N-methyl/N-ethyl adjacent to an activating group) is 1. The molecule has 0 aliphatic heterocycles. The molecule has 3 aromatic rings. The molecule has 6 nitrogen and oxygen atoms in total. The Bertz CT molecular complexity index is 1010. The monoisotopic (exact) mass is 485 g/mol. The summed E-state index contributed by atoms with van der Waals surface area (Å²) < 4.78 is 8.23. The molecule has 33 heavy (non-hydrogen) atoms. The van der Waals surface area contributed by atoms with Crippen LogP contribution < -0.4 is 10.0 Å². The highest BCUT2D eigenvalue weighted by Crippen LogP contribution is 2.35. The molecule has 3 rings (SSSR count). The van der Waals surface area contributed by atoms with Gasteiger partial charge in [0.25, 0.3) is 0 Å². The first kappa shape index (κ1) is 26.4. The lowest BCUT2D eigenvalue weighted by Gasteiger charge is -2.13. The Morgan fingerprint density at radius 2 is 1.91 bits per heavy atom. The lowest BCUT2D eigenvalue weighted by molar-refractivity contribution is -0.108. The van der Waals surface area contributed by atoms with Crippen LogP contribution in [0.15, 0.2) is 60.7 Å². The second kappa shape index (κ2) is 14.4. The van der Waals surface area contributed by atoms with E-state index in [-0.39, 0.29) is 5.97 Å². The molecule has 1 heterocycles. The van der Waals surface area contributed by atoms with Gasteiger partial charge in [-0.15, -0.1) is 11.3 Å². The molecule has 0 aliphatic rings. The van der Waals surface area contributed by atoms with E-state index in [1.807, 2.05) is 73.8 Å². The third-order valence-electron chi connectivity index (χ3n) is 4.50. The normalized spacial score (nSPS) is 10.2. The summed E-state index contributed by atoms with van der Waals surface area (Å²) in [6.07, 6.45) is 2.91. The molecule has 8 heteroatoms. The van der Waals surface area contributed by atoms with Crippen molar-refractivity contribution < 1.29 is 14.3 Å². The fourth-order valence-electron chi connectivity index (χ4n) is 3.04. The molecule has 0 fully saturated rings. The first-order valence-electron chi connectivity index (χ1n) is 10.6. The molecule has 0 aliphatic carbocycles. The Kier molecular flexibility index (Phi) is 11.5. The lowest BCUT2D eigenvalue weighted by Crippen LogP contribution is -2.19.